The van der Waals surface area contributed by atoms with Gasteiger partial charge in [0.25, 0.3) is 0 Å². The van der Waals surface area contributed by atoms with Gasteiger partial charge in [0.1, 0.15) is 0 Å². The van der Waals surface area contributed by atoms with Gasteiger partial charge in [-0.05, 0) is 68.6 Å². The predicted octanol–water partition coefficient (Wildman–Crippen LogP) is 2.59. The van der Waals surface area contributed by atoms with Crippen molar-refractivity contribution in [1.82, 2.24) is 9.80 Å². The van der Waals surface area contributed by atoms with E-state index < -0.39 is 0 Å². The highest BCUT2D eigenvalue weighted by Gasteiger charge is 2.49. The van der Waals surface area contributed by atoms with Crippen molar-refractivity contribution in [3.63, 3.8) is 0 Å². The Kier molecular flexibility index (Phi) is 2.99. The summed E-state index contributed by atoms with van der Waals surface area (Å²) < 4.78 is 0. The van der Waals surface area contributed by atoms with Gasteiger partial charge in [0.05, 0.1) is 0 Å². The Labute approximate surface area is 95.6 Å². The van der Waals surface area contributed by atoms with Crippen LogP contribution in [0.2, 0.25) is 0 Å². The fourth-order valence-corrected chi connectivity index (χ4v) is 3.30. The van der Waals surface area contributed by atoms with E-state index in [0.717, 1.165) is 0 Å². The second-order valence-corrected chi connectivity index (χ2v) is 6.93. The molecule has 0 radical (unpaired) electrons. The maximum Gasteiger partial charge on any atom is 0.0210 e. The molecule has 0 amide bonds. The first-order valence-electron chi connectivity index (χ1n) is 5.93. The maximum absolute atomic E-state index is 2.53. The summed E-state index contributed by atoms with van der Waals surface area (Å²) in [6, 6.07) is 0. The smallest absolute Gasteiger partial charge is 0.0210 e. The molecule has 0 N–H and O–H groups in total. The maximum atomic E-state index is 2.53. The molecular formula is C13H28N2. The molecule has 1 rings (SSSR count). The molecule has 1 aliphatic heterocycles. The molecule has 90 valence electrons. The Morgan fingerprint density at radius 3 is 1.47 bits per heavy atom. The number of likely N-dealkylation sites (tertiary alicyclic amines) is 1. The van der Waals surface area contributed by atoms with E-state index in [4.69, 9.17) is 0 Å². The highest BCUT2D eigenvalue weighted by molar-refractivity contribution is 5.06. The van der Waals surface area contributed by atoms with Crippen LogP contribution >= 0.6 is 0 Å². The van der Waals surface area contributed by atoms with Gasteiger partial charge in [0.2, 0.25) is 0 Å². The second kappa shape index (κ2) is 3.46. The van der Waals surface area contributed by atoms with Crippen LogP contribution in [0, 0.1) is 0 Å². The molecule has 0 aliphatic carbocycles. The molecule has 0 spiro atoms. The average Bonchev–Trinajstić information content (AvgIpc) is 1.98. The summed E-state index contributed by atoms with van der Waals surface area (Å²) in [5.74, 6) is 0. The van der Waals surface area contributed by atoms with Crippen LogP contribution in [0.5, 0.6) is 0 Å². The van der Waals surface area contributed by atoms with Gasteiger partial charge in [-0.1, -0.05) is 0 Å². The van der Waals surface area contributed by atoms with Crippen molar-refractivity contribution in [1.29, 1.82) is 0 Å². The topological polar surface area (TPSA) is 6.48 Å². The zero-order valence-electron chi connectivity index (χ0n) is 11.8. The van der Waals surface area contributed by atoms with Crippen molar-refractivity contribution in [3.8, 4) is 0 Å². The fraction of sp³-hybridized carbons (Fsp3) is 1.00. The lowest BCUT2D eigenvalue weighted by Gasteiger charge is -2.59. The molecule has 1 aliphatic rings. The molecule has 0 aromatic carbocycles. The number of hydrogen-bond donors (Lipinski definition) is 0. The van der Waals surface area contributed by atoms with E-state index in [0.29, 0.717) is 5.54 Å². The molecule has 1 saturated heterocycles. The Hall–Kier alpha value is -0.0800. The Morgan fingerprint density at radius 2 is 1.20 bits per heavy atom. The number of hydrogen-bond acceptors (Lipinski definition) is 2. The summed E-state index contributed by atoms with van der Waals surface area (Å²) >= 11 is 0. The third-order valence-electron chi connectivity index (χ3n) is 4.52. The normalized spacial score (nSPS) is 29.4. The van der Waals surface area contributed by atoms with Crippen LogP contribution in [0.15, 0.2) is 0 Å². The van der Waals surface area contributed by atoms with Crippen LogP contribution in [-0.4, -0.2) is 47.6 Å². The van der Waals surface area contributed by atoms with E-state index in [1.807, 2.05) is 0 Å². The van der Waals surface area contributed by atoms with E-state index >= 15 is 0 Å². The summed E-state index contributed by atoms with van der Waals surface area (Å²) in [5, 5.41) is 0. The van der Waals surface area contributed by atoms with E-state index in [1.165, 1.54) is 12.8 Å². The van der Waals surface area contributed by atoms with Crippen LogP contribution in [0.4, 0.5) is 0 Å². The SMILES string of the molecule is CN1C(C)(C)CC(C)(N(C)C)CC1(C)C. The van der Waals surface area contributed by atoms with Crippen molar-refractivity contribution in [2.45, 2.75) is 64.1 Å². The molecule has 2 heteroatoms. The molecule has 15 heavy (non-hydrogen) atoms. The molecule has 0 bridgehead atoms. The summed E-state index contributed by atoms with van der Waals surface area (Å²) in [6.45, 7) is 11.8. The van der Waals surface area contributed by atoms with Crippen molar-refractivity contribution in [3.05, 3.63) is 0 Å². The van der Waals surface area contributed by atoms with Crippen molar-refractivity contribution in [2.75, 3.05) is 21.1 Å². The van der Waals surface area contributed by atoms with Crippen LogP contribution in [0.1, 0.15) is 47.5 Å². The van der Waals surface area contributed by atoms with E-state index in [-0.39, 0.29) is 11.1 Å². The van der Waals surface area contributed by atoms with Gasteiger partial charge in [0.15, 0.2) is 0 Å². The minimum atomic E-state index is 0.279. The third kappa shape index (κ3) is 2.21. The van der Waals surface area contributed by atoms with Crippen LogP contribution in [0.3, 0.4) is 0 Å². The first-order chi connectivity index (χ1) is 6.51. The minimum absolute atomic E-state index is 0.279. The van der Waals surface area contributed by atoms with Crippen LogP contribution in [0.25, 0.3) is 0 Å². The van der Waals surface area contributed by atoms with Gasteiger partial charge in [0, 0.05) is 16.6 Å². The minimum Gasteiger partial charge on any atom is -0.304 e. The van der Waals surface area contributed by atoms with Crippen LogP contribution < -0.4 is 0 Å². The Bertz CT molecular complexity index is 223. The van der Waals surface area contributed by atoms with Gasteiger partial charge >= 0.3 is 0 Å². The first-order valence-corrected chi connectivity index (χ1v) is 5.93. The third-order valence-corrected chi connectivity index (χ3v) is 4.52. The van der Waals surface area contributed by atoms with Crippen molar-refractivity contribution in [2.24, 2.45) is 0 Å². The molecule has 0 unspecified atom stereocenters. The van der Waals surface area contributed by atoms with Gasteiger partial charge in [-0.25, -0.2) is 0 Å². The lowest BCUT2D eigenvalue weighted by atomic mass is 9.70. The number of rotatable bonds is 1. The van der Waals surface area contributed by atoms with Gasteiger partial charge in [-0.2, -0.15) is 0 Å². The zero-order chi connectivity index (χ0) is 12.1. The molecular weight excluding hydrogens is 184 g/mol. The predicted molar refractivity (Wildman–Crippen MR) is 67.2 cm³/mol. The molecule has 0 aromatic heterocycles. The summed E-state index contributed by atoms with van der Waals surface area (Å²) in [6.07, 6.45) is 2.46. The molecule has 2 nitrogen and oxygen atoms in total. The first kappa shape index (κ1) is 13.0. The van der Waals surface area contributed by atoms with Gasteiger partial charge < -0.3 is 4.90 Å². The monoisotopic (exact) mass is 212 g/mol. The van der Waals surface area contributed by atoms with Crippen molar-refractivity contribution >= 4 is 0 Å². The van der Waals surface area contributed by atoms with Crippen molar-refractivity contribution < 1.29 is 0 Å². The number of nitrogens with zero attached hydrogens (tertiary/aromatic N) is 2. The summed E-state index contributed by atoms with van der Waals surface area (Å²) in [7, 11) is 6.67. The molecule has 0 aromatic rings. The Morgan fingerprint density at radius 1 is 0.867 bits per heavy atom. The lowest BCUT2D eigenvalue weighted by molar-refractivity contribution is -0.0757. The van der Waals surface area contributed by atoms with E-state index in [9.17, 15) is 0 Å². The van der Waals surface area contributed by atoms with Crippen LogP contribution in [-0.2, 0) is 0 Å². The lowest BCUT2D eigenvalue weighted by Crippen LogP contribution is -2.66. The average molecular weight is 212 g/mol. The molecule has 1 fully saturated rings. The highest BCUT2D eigenvalue weighted by atomic mass is 15.3. The fourth-order valence-electron chi connectivity index (χ4n) is 3.30. The van der Waals surface area contributed by atoms with Gasteiger partial charge in [-0.3, -0.25) is 4.90 Å². The van der Waals surface area contributed by atoms with Gasteiger partial charge in [-0.15, -0.1) is 0 Å². The quantitative estimate of drug-likeness (QED) is 0.659. The number of piperidine rings is 1. The second-order valence-electron chi connectivity index (χ2n) is 6.93. The molecule has 1 heterocycles. The largest absolute Gasteiger partial charge is 0.304 e. The Balaban J connectivity index is 3.04. The summed E-state index contributed by atoms with van der Waals surface area (Å²) in [4.78, 5) is 4.93. The highest BCUT2D eigenvalue weighted by Crippen LogP contribution is 2.44. The summed E-state index contributed by atoms with van der Waals surface area (Å²) in [5.41, 5.74) is 0.876. The molecule has 0 atom stereocenters. The molecule has 0 saturated carbocycles. The van der Waals surface area contributed by atoms with E-state index in [1.54, 1.807) is 0 Å². The van der Waals surface area contributed by atoms with E-state index in [2.05, 4.69) is 65.6 Å². The standard InChI is InChI=1S/C13H28N2/c1-11(2)9-13(5,14(6)7)10-12(3,4)15(11)8/h9-10H2,1-8H3. The zero-order valence-corrected chi connectivity index (χ0v) is 11.8.